The first-order chi connectivity index (χ1) is 15.1. The van der Waals surface area contributed by atoms with Crippen LogP contribution in [-0.4, -0.2) is 54.7 Å². The summed E-state index contributed by atoms with van der Waals surface area (Å²) in [5, 5.41) is 0. The van der Waals surface area contributed by atoms with Crippen molar-refractivity contribution < 1.29 is 22.7 Å². The van der Waals surface area contributed by atoms with Gasteiger partial charge in [-0.05, 0) is 63.4 Å². The largest absolute Gasteiger partial charge is 0.452 e. The topological polar surface area (TPSA) is 84.0 Å². The summed E-state index contributed by atoms with van der Waals surface area (Å²) in [6.07, 6.45) is 0.640. The second-order valence-electron chi connectivity index (χ2n) is 8.45. The van der Waals surface area contributed by atoms with E-state index in [4.69, 9.17) is 4.74 Å². The first kappa shape index (κ1) is 23.9. The van der Waals surface area contributed by atoms with Gasteiger partial charge in [0.05, 0.1) is 10.5 Å². The smallest absolute Gasteiger partial charge is 0.338 e. The fourth-order valence-corrected chi connectivity index (χ4v) is 5.53. The number of amides is 1. The van der Waals surface area contributed by atoms with E-state index in [2.05, 4.69) is 0 Å². The molecule has 1 aliphatic rings. The molecule has 0 radical (unpaired) electrons. The van der Waals surface area contributed by atoms with Crippen LogP contribution in [0.4, 0.5) is 0 Å². The van der Waals surface area contributed by atoms with Crippen molar-refractivity contribution in [2.75, 3.05) is 13.2 Å². The molecule has 0 atom stereocenters. The van der Waals surface area contributed by atoms with E-state index < -0.39 is 22.6 Å². The second-order valence-corrected chi connectivity index (χ2v) is 10.4. The maximum Gasteiger partial charge on any atom is 0.338 e. The van der Waals surface area contributed by atoms with Crippen LogP contribution in [0.5, 0.6) is 0 Å². The van der Waals surface area contributed by atoms with Gasteiger partial charge in [0.15, 0.2) is 6.61 Å². The van der Waals surface area contributed by atoms with Crippen LogP contribution in [0.2, 0.25) is 0 Å². The third-order valence-electron chi connectivity index (χ3n) is 5.53. The van der Waals surface area contributed by atoms with Gasteiger partial charge < -0.3 is 9.64 Å². The molecule has 172 valence electrons. The van der Waals surface area contributed by atoms with Gasteiger partial charge in [0.25, 0.3) is 5.91 Å². The third-order valence-corrected chi connectivity index (χ3v) is 7.37. The molecule has 1 amide bonds. The van der Waals surface area contributed by atoms with Crippen molar-refractivity contribution in [2.45, 2.75) is 57.6 Å². The standard InChI is InChI=1S/C24H30N2O5S/c1-17(2)26(18(3)4)23(27)16-31-24(28)20-10-7-11-22(14-20)32(29,30)25-13-12-19-8-5-6-9-21(19)15-25/h5-11,14,17-18H,12-13,15-16H2,1-4H3. The van der Waals surface area contributed by atoms with Crippen LogP contribution in [-0.2, 0) is 32.5 Å². The summed E-state index contributed by atoms with van der Waals surface area (Å²) >= 11 is 0. The summed E-state index contributed by atoms with van der Waals surface area (Å²) in [5.41, 5.74) is 2.23. The molecule has 0 saturated heterocycles. The van der Waals surface area contributed by atoms with Gasteiger partial charge in [0.2, 0.25) is 10.0 Å². The van der Waals surface area contributed by atoms with E-state index in [1.165, 1.54) is 28.6 Å². The molecule has 0 aromatic heterocycles. The molecule has 8 heteroatoms. The van der Waals surface area contributed by atoms with Gasteiger partial charge in [-0.1, -0.05) is 30.3 Å². The number of fused-ring (bicyclic) bond motifs is 1. The number of carbonyl (C=O) groups excluding carboxylic acids is 2. The van der Waals surface area contributed by atoms with E-state index in [0.29, 0.717) is 19.5 Å². The minimum atomic E-state index is -3.78. The molecule has 32 heavy (non-hydrogen) atoms. The molecular weight excluding hydrogens is 428 g/mol. The third kappa shape index (κ3) is 5.19. The highest BCUT2D eigenvalue weighted by molar-refractivity contribution is 7.89. The van der Waals surface area contributed by atoms with E-state index in [1.54, 1.807) is 4.90 Å². The number of hydrogen-bond acceptors (Lipinski definition) is 5. The van der Waals surface area contributed by atoms with Crippen LogP contribution >= 0.6 is 0 Å². The minimum Gasteiger partial charge on any atom is -0.452 e. The van der Waals surface area contributed by atoms with E-state index in [9.17, 15) is 18.0 Å². The Bertz CT molecular complexity index is 1090. The lowest BCUT2D eigenvalue weighted by Crippen LogP contribution is -2.44. The van der Waals surface area contributed by atoms with Gasteiger partial charge in [-0.2, -0.15) is 4.31 Å². The van der Waals surface area contributed by atoms with Crippen LogP contribution in [0.25, 0.3) is 0 Å². The number of carbonyl (C=O) groups is 2. The van der Waals surface area contributed by atoms with Crippen molar-refractivity contribution in [2.24, 2.45) is 0 Å². The molecule has 7 nitrogen and oxygen atoms in total. The summed E-state index contributed by atoms with van der Waals surface area (Å²) in [4.78, 5) is 26.6. The fourth-order valence-electron chi connectivity index (χ4n) is 4.06. The Labute approximate surface area is 190 Å². The summed E-state index contributed by atoms with van der Waals surface area (Å²) in [5.74, 6) is -1.02. The van der Waals surface area contributed by atoms with E-state index in [0.717, 1.165) is 11.1 Å². The Morgan fingerprint density at radius 3 is 2.31 bits per heavy atom. The molecule has 0 aliphatic carbocycles. The van der Waals surface area contributed by atoms with Crippen molar-refractivity contribution in [3.63, 3.8) is 0 Å². The normalized spacial score (nSPS) is 14.3. The number of rotatable bonds is 7. The van der Waals surface area contributed by atoms with Crippen molar-refractivity contribution >= 4 is 21.9 Å². The number of esters is 1. The van der Waals surface area contributed by atoms with Gasteiger partial charge >= 0.3 is 5.97 Å². The molecule has 0 saturated carbocycles. The van der Waals surface area contributed by atoms with E-state index in [1.807, 2.05) is 52.0 Å². The first-order valence-corrected chi connectivity index (χ1v) is 12.2. The molecule has 0 fully saturated rings. The Morgan fingerprint density at radius 1 is 1.00 bits per heavy atom. The first-order valence-electron chi connectivity index (χ1n) is 10.8. The molecule has 2 aromatic carbocycles. The summed E-state index contributed by atoms with van der Waals surface area (Å²) in [7, 11) is -3.78. The summed E-state index contributed by atoms with van der Waals surface area (Å²) < 4.78 is 33.0. The van der Waals surface area contributed by atoms with Crippen LogP contribution < -0.4 is 0 Å². The van der Waals surface area contributed by atoms with Gasteiger partial charge in [0, 0.05) is 25.2 Å². The Morgan fingerprint density at radius 2 is 1.66 bits per heavy atom. The van der Waals surface area contributed by atoms with Crippen LogP contribution in [0.1, 0.15) is 49.2 Å². The Hall–Kier alpha value is -2.71. The lowest BCUT2D eigenvalue weighted by Gasteiger charge is -2.30. The average Bonchev–Trinajstić information content (AvgIpc) is 2.76. The molecular formula is C24H30N2O5S. The minimum absolute atomic E-state index is 0.0238. The summed E-state index contributed by atoms with van der Waals surface area (Å²) in [6.45, 7) is 7.86. The van der Waals surface area contributed by atoms with Gasteiger partial charge in [-0.15, -0.1) is 0 Å². The van der Waals surface area contributed by atoms with Crippen LogP contribution in [0.3, 0.4) is 0 Å². The Balaban J connectivity index is 1.72. The maximum absolute atomic E-state index is 13.2. The zero-order valence-corrected chi connectivity index (χ0v) is 19.8. The van der Waals surface area contributed by atoms with Crippen molar-refractivity contribution in [1.82, 2.24) is 9.21 Å². The molecule has 1 heterocycles. The SMILES string of the molecule is CC(C)N(C(=O)COC(=O)c1cccc(S(=O)(=O)N2CCc3ccccc3C2)c1)C(C)C. The predicted octanol–water partition coefficient (Wildman–Crippen LogP) is 3.24. The number of hydrogen-bond donors (Lipinski definition) is 0. The van der Waals surface area contributed by atoms with Crippen LogP contribution in [0, 0.1) is 0 Å². The zero-order valence-electron chi connectivity index (χ0n) is 18.9. The van der Waals surface area contributed by atoms with Gasteiger partial charge in [-0.3, -0.25) is 4.79 Å². The van der Waals surface area contributed by atoms with Crippen LogP contribution in [0.15, 0.2) is 53.4 Å². The highest BCUT2D eigenvalue weighted by Crippen LogP contribution is 2.25. The molecule has 1 aliphatic heterocycles. The maximum atomic E-state index is 13.2. The lowest BCUT2D eigenvalue weighted by atomic mass is 10.0. The highest BCUT2D eigenvalue weighted by Gasteiger charge is 2.29. The molecule has 0 bridgehead atoms. The van der Waals surface area contributed by atoms with Crippen molar-refractivity contribution in [1.29, 1.82) is 0 Å². The lowest BCUT2D eigenvalue weighted by molar-refractivity contribution is -0.138. The Kier molecular flexibility index (Phi) is 7.36. The molecule has 0 N–H and O–H groups in total. The number of ether oxygens (including phenoxy) is 1. The molecule has 3 rings (SSSR count). The fraction of sp³-hybridized carbons (Fsp3) is 0.417. The molecule has 0 unspecified atom stereocenters. The summed E-state index contributed by atoms with van der Waals surface area (Å²) in [6, 6.07) is 13.5. The van der Waals surface area contributed by atoms with Gasteiger partial charge in [0.1, 0.15) is 0 Å². The average molecular weight is 459 g/mol. The monoisotopic (exact) mass is 458 g/mol. The zero-order chi connectivity index (χ0) is 23.5. The highest BCUT2D eigenvalue weighted by atomic mass is 32.2. The van der Waals surface area contributed by atoms with E-state index >= 15 is 0 Å². The van der Waals surface area contributed by atoms with E-state index in [-0.39, 0.29) is 28.4 Å². The second kappa shape index (κ2) is 9.83. The van der Waals surface area contributed by atoms with Gasteiger partial charge in [-0.25, -0.2) is 13.2 Å². The quantitative estimate of drug-likeness (QED) is 0.595. The predicted molar refractivity (Wildman–Crippen MR) is 122 cm³/mol. The van der Waals surface area contributed by atoms with Crippen molar-refractivity contribution in [3.8, 4) is 0 Å². The molecule has 0 spiro atoms. The number of sulfonamides is 1. The number of benzene rings is 2. The number of nitrogens with zero attached hydrogens (tertiary/aromatic N) is 2. The van der Waals surface area contributed by atoms with Crippen molar-refractivity contribution in [3.05, 3.63) is 65.2 Å². The molecule has 2 aromatic rings.